The van der Waals surface area contributed by atoms with Crippen LogP contribution in [0.25, 0.3) is 0 Å². The van der Waals surface area contributed by atoms with Gasteiger partial charge < -0.3 is 9.80 Å². The van der Waals surface area contributed by atoms with E-state index in [9.17, 15) is 9.59 Å². The number of carbonyl (C=O) groups excluding carboxylic acids is 2. The Hall–Kier alpha value is -1.26. The molecule has 1 aromatic rings. The fraction of sp³-hybridized carbons (Fsp3) is 0.619. The van der Waals surface area contributed by atoms with Crippen LogP contribution in [-0.4, -0.2) is 47.8 Å². The van der Waals surface area contributed by atoms with Gasteiger partial charge in [0.2, 0.25) is 5.91 Å². The van der Waals surface area contributed by atoms with Crippen molar-refractivity contribution in [1.29, 1.82) is 0 Å². The highest BCUT2D eigenvalue weighted by Gasteiger charge is 2.24. The molecule has 2 amide bonds. The molecule has 0 spiro atoms. The van der Waals surface area contributed by atoms with E-state index in [0.717, 1.165) is 25.3 Å². The molecule has 27 heavy (non-hydrogen) atoms. The summed E-state index contributed by atoms with van der Waals surface area (Å²) in [7, 11) is 0. The normalized spacial score (nSPS) is 19.0. The maximum Gasteiger partial charge on any atom is 0.253 e. The smallest absolute Gasteiger partial charge is 0.253 e. The molecule has 2 fully saturated rings. The summed E-state index contributed by atoms with van der Waals surface area (Å²) in [6, 6.07) is 4.97. The molecule has 6 heteroatoms. The number of hydrogen-bond acceptors (Lipinski definition) is 2. The summed E-state index contributed by atoms with van der Waals surface area (Å²) in [6.07, 6.45) is 9.00. The topological polar surface area (TPSA) is 40.6 Å². The molecule has 0 bridgehead atoms. The molecule has 1 aliphatic heterocycles. The van der Waals surface area contributed by atoms with Gasteiger partial charge in [0, 0.05) is 38.2 Å². The maximum atomic E-state index is 12.7. The van der Waals surface area contributed by atoms with Crippen molar-refractivity contribution in [2.75, 3.05) is 26.2 Å². The predicted octanol–water partition coefficient (Wildman–Crippen LogP) is 5.03. The second-order valence-electron chi connectivity index (χ2n) is 7.70. The van der Waals surface area contributed by atoms with Crippen LogP contribution in [0.15, 0.2) is 18.2 Å². The molecule has 0 atom stereocenters. The zero-order valence-electron chi connectivity index (χ0n) is 15.8. The zero-order chi connectivity index (χ0) is 19.2. The Morgan fingerprint density at radius 2 is 1.59 bits per heavy atom. The third kappa shape index (κ3) is 5.61. The lowest BCUT2D eigenvalue weighted by Crippen LogP contribution is -2.37. The van der Waals surface area contributed by atoms with E-state index < -0.39 is 0 Å². The molecule has 1 aromatic carbocycles. The van der Waals surface area contributed by atoms with E-state index in [0.29, 0.717) is 41.7 Å². The summed E-state index contributed by atoms with van der Waals surface area (Å²) in [4.78, 5) is 29.1. The van der Waals surface area contributed by atoms with E-state index in [-0.39, 0.29) is 11.8 Å². The molecule has 3 rings (SSSR count). The van der Waals surface area contributed by atoms with Crippen LogP contribution in [-0.2, 0) is 4.79 Å². The molecule has 0 N–H and O–H groups in total. The lowest BCUT2D eigenvalue weighted by atomic mass is 9.86. The molecular weight excluding hydrogens is 383 g/mol. The Kier molecular flexibility index (Phi) is 7.42. The minimum absolute atomic E-state index is 0.0509. The van der Waals surface area contributed by atoms with Gasteiger partial charge in [0.1, 0.15) is 0 Å². The highest BCUT2D eigenvalue weighted by molar-refractivity contribution is 6.42. The standard InChI is InChI=1S/C21H28Cl2N2O2/c22-18-9-8-17(15-19(18)23)21(27)25-12-4-11-24(13-14-25)20(26)10-7-16-5-2-1-3-6-16/h8-9,15-16H,1-7,10-14H2. The third-order valence-corrected chi connectivity index (χ3v) is 6.53. The van der Waals surface area contributed by atoms with Crippen LogP contribution in [0.3, 0.4) is 0 Å². The average Bonchev–Trinajstić information content (AvgIpc) is 2.95. The molecule has 1 saturated carbocycles. The first-order chi connectivity index (χ1) is 13.0. The largest absolute Gasteiger partial charge is 0.341 e. The summed E-state index contributed by atoms with van der Waals surface area (Å²) in [5, 5.41) is 0.829. The van der Waals surface area contributed by atoms with Crippen molar-refractivity contribution in [3.63, 3.8) is 0 Å². The van der Waals surface area contributed by atoms with Gasteiger partial charge in [-0.3, -0.25) is 9.59 Å². The Labute approximate surface area is 171 Å². The minimum Gasteiger partial charge on any atom is -0.341 e. The lowest BCUT2D eigenvalue weighted by molar-refractivity contribution is -0.131. The van der Waals surface area contributed by atoms with Crippen LogP contribution in [0.4, 0.5) is 0 Å². The van der Waals surface area contributed by atoms with Crippen LogP contribution in [0.2, 0.25) is 10.0 Å². The number of amides is 2. The number of rotatable bonds is 4. The molecule has 148 valence electrons. The van der Waals surface area contributed by atoms with Crippen LogP contribution in [0.1, 0.15) is 61.7 Å². The van der Waals surface area contributed by atoms with Crippen molar-refractivity contribution >= 4 is 35.0 Å². The van der Waals surface area contributed by atoms with Crippen molar-refractivity contribution in [3.8, 4) is 0 Å². The SMILES string of the molecule is O=C(CCC1CCCCC1)N1CCCN(C(=O)c2ccc(Cl)c(Cl)c2)CC1. The number of carbonyl (C=O) groups is 2. The Balaban J connectivity index is 1.51. The van der Waals surface area contributed by atoms with Gasteiger partial charge in [0.05, 0.1) is 10.0 Å². The lowest BCUT2D eigenvalue weighted by Gasteiger charge is -2.24. The van der Waals surface area contributed by atoms with E-state index in [1.807, 2.05) is 9.80 Å². The molecule has 1 saturated heterocycles. The van der Waals surface area contributed by atoms with Crippen LogP contribution >= 0.6 is 23.2 Å². The zero-order valence-corrected chi connectivity index (χ0v) is 17.3. The average molecular weight is 411 g/mol. The quantitative estimate of drug-likeness (QED) is 0.698. The molecule has 1 aliphatic carbocycles. The summed E-state index contributed by atoms with van der Waals surface area (Å²) < 4.78 is 0. The second kappa shape index (κ2) is 9.79. The number of halogens is 2. The van der Waals surface area contributed by atoms with Crippen molar-refractivity contribution < 1.29 is 9.59 Å². The van der Waals surface area contributed by atoms with E-state index in [4.69, 9.17) is 23.2 Å². The third-order valence-electron chi connectivity index (χ3n) is 5.79. The summed E-state index contributed by atoms with van der Waals surface area (Å²) in [5.41, 5.74) is 0.543. The molecule has 0 aromatic heterocycles. The fourth-order valence-corrected chi connectivity index (χ4v) is 4.44. The first-order valence-corrected chi connectivity index (χ1v) is 10.8. The van der Waals surface area contributed by atoms with E-state index in [2.05, 4.69) is 0 Å². The molecule has 1 heterocycles. The van der Waals surface area contributed by atoms with Crippen molar-refractivity contribution in [3.05, 3.63) is 33.8 Å². The number of benzene rings is 1. The first-order valence-electron chi connectivity index (χ1n) is 10.1. The molecule has 2 aliphatic rings. The highest BCUT2D eigenvalue weighted by atomic mass is 35.5. The first kappa shape index (κ1) is 20.5. The number of nitrogens with zero attached hydrogens (tertiary/aromatic N) is 2. The van der Waals surface area contributed by atoms with Gasteiger partial charge in [-0.05, 0) is 37.0 Å². The Morgan fingerprint density at radius 1 is 0.889 bits per heavy atom. The van der Waals surface area contributed by atoms with E-state index >= 15 is 0 Å². The Morgan fingerprint density at radius 3 is 2.33 bits per heavy atom. The minimum atomic E-state index is -0.0509. The van der Waals surface area contributed by atoms with Gasteiger partial charge in [-0.25, -0.2) is 0 Å². The van der Waals surface area contributed by atoms with Gasteiger partial charge in [-0.1, -0.05) is 55.3 Å². The van der Waals surface area contributed by atoms with E-state index in [1.54, 1.807) is 18.2 Å². The van der Waals surface area contributed by atoms with Gasteiger partial charge in [0.25, 0.3) is 5.91 Å². The monoisotopic (exact) mass is 410 g/mol. The molecular formula is C21H28Cl2N2O2. The summed E-state index contributed by atoms with van der Waals surface area (Å²) in [5.74, 6) is 0.914. The van der Waals surface area contributed by atoms with Crippen molar-refractivity contribution in [2.24, 2.45) is 5.92 Å². The Bertz CT molecular complexity index is 674. The van der Waals surface area contributed by atoms with Crippen LogP contribution in [0, 0.1) is 5.92 Å². The fourth-order valence-electron chi connectivity index (χ4n) is 4.14. The van der Waals surface area contributed by atoms with E-state index in [1.165, 1.54) is 32.1 Å². The highest BCUT2D eigenvalue weighted by Crippen LogP contribution is 2.27. The molecule has 0 radical (unpaired) electrons. The maximum absolute atomic E-state index is 12.7. The van der Waals surface area contributed by atoms with Gasteiger partial charge in [-0.2, -0.15) is 0 Å². The van der Waals surface area contributed by atoms with Crippen molar-refractivity contribution in [2.45, 2.75) is 51.4 Å². The van der Waals surface area contributed by atoms with Crippen molar-refractivity contribution in [1.82, 2.24) is 9.80 Å². The molecule has 4 nitrogen and oxygen atoms in total. The van der Waals surface area contributed by atoms with Gasteiger partial charge in [0.15, 0.2) is 0 Å². The second-order valence-corrected chi connectivity index (χ2v) is 8.51. The van der Waals surface area contributed by atoms with Gasteiger partial charge >= 0.3 is 0 Å². The number of hydrogen-bond donors (Lipinski definition) is 0. The van der Waals surface area contributed by atoms with Crippen LogP contribution in [0.5, 0.6) is 0 Å². The summed E-state index contributed by atoms with van der Waals surface area (Å²) >= 11 is 12.0. The van der Waals surface area contributed by atoms with Crippen LogP contribution < -0.4 is 0 Å². The summed E-state index contributed by atoms with van der Waals surface area (Å²) in [6.45, 7) is 2.56. The molecule has 0 unspecified atom stereocenters. The van der Waals surface area contributed by atoms with Gasteiger partial charge in [-0.15, -0.1) is 0 Å². The predicted molar refractivity (Wildman–Crippen MR) is 109 cm³/mol.